The second-order valence-electron chi connectivity index (χ2n) is 4.29. The molecule has 0 spiro atoms. The number of ether oxygens (including phenoxy) is 3. The van der Waals surface area contributed by atoms with Crippen molar-refractivity contribution in [1.29, 1.82) is 0 Å². The summed E-state index contributed by atoms with van der Waals surface area (Å²) in [5.74, 6) is -1.46. The fourth-order valence-electron chi connectivity index (χ4n) is 2.14. The Hall–Kier alpha value is -0.690. The van der Waals surface area contributed by atoms with Gasteiger partial charge >= 0.3 is 5.97 Å². The standard InChI is InChI=1S/C10H16O6/c1-3-14-8(12)6-5-4-15-9(16-5)10(2,13)7(6)11/h5-7,9,11,13H,3-4H2,1-2H3/t5-,6-,7-,9-,10-/m1/s1. The molecule has 5 atom stereocenters. The van der Waals surface area contributed by atoms with Gasteiger partial charge in [0.2, 0.25) is 0 Å². The van der Waals surface area contributed by atoms with E-state index < -0.39 is 36.0 Å². The summed E-state index contributed by atoms with van der Waals surface area (Å²) >= 11 is 0. The van der Waals surface area contributed by atoms with Crippen molar-refractivity contribution < 1.29 is 29.2 Å². The summed E-state index contributed by atoms with van der Waals surface area (Å²) in [6, 6.07) is 0. The lowest BCUT2D eigenvalue weighted by Crippen LogP contribution is -2.60. The highest BCUT2D eigenvalue weighted by Gasteiger charge is 2.59. The summed E-state index contributed by atoms with van der Waals surface area (Å²) in [7, 11) is 0. The average molecular weight is 232 g/mol. The monoisotopic (exact) mass is 232 g/mol. The lowest BCUT2D eigenvalue weighted by atomic mass is 9.83. The predicted molar refractivity (Wildman–Crippen MR) is 51.4 cm³/mol. The molecule has 0 saturated carbocycles. The van der Waals surface area contributed by atoms with Crippen LogP contribution in [0.4, 0.5) is 0 Å². The van der Waals surface area contributed by atoms with Gasteiger partial charge in [0.1, 0.15) is 23.7 Å². The molecule has 2 aliphatic rings. The topological polar surface area (TPSA) is 85.2 Å². The summed E-state index contributed by atoms with van der Waals surface area (Å²) < 4.78 is 15.4. The number of fused-ring (bicyclic) bond motifs is 2. The number of esters is 1. The van der Waals surface area contributed by atoms with Crippen LogP contribution in [0.5, 0.6) is 0 Å². The van der Waals surface area contributed by atoms with Gasteiger partial charge in [0.25, 0.3) is 0 Å². The lowest BCUT2D eigenvalue weighted by molar-refractivity contribution is -0.263. The van der Waals surface area contributed by atoms with Gasteiger partial charge in [-0.2, -0.15) is 0 Å². The fourth-order valence-corrected chi connectivity index (χ4v) is 2.14. The molecule has 2 fully saturated rings. The van der Waals surface area contributed by atoms with E-state index in [-0.39, 0.29) is 13.2 Å². The number of carbonyl (C=O) groups excluding carboxylic acids is 1. The van der Waals surface area contributed by atoms with E-state index in [0.717, 1.165) is 0 Å². The zero-order valence-electron chi connectivity index (χ0n) is 9.25. The normalized spacial score (nSPS) is 46.8. The Balaban J connectivity index is 2.21. The van der Waals surface area contributed by atoms with Crippen LogP contribution in [0.2, 0.25) is 0 Å². The zero-order valence-corrected chi connectivity index (χ0v) is 9.25. The minimum absolute atomic E-state index is 0.182. The Labute approximate surface area is 93.1 Å². The van der Waals surface area contributed by atoms with Gasteiger partial charge in [-0.25, -0.2) is 0 Å². The van der Waals surface area contributed by atoms with Crippen LogP contribution in [-0.4, -0.2) is 53.5 Å². The molecule has 6 nitrogen and oxygen atoms in total. The van der Waals surface area contributed by atoms with Crippen LogP contribution >= 0.6 is 0 Å². The van der Waals surface area contributed by atoms with Crippen molar-refractivity contribution in [3.8, 4) is 0 Å². The Morgan fingerprint density at radius 3 is 2.94 bits per heavy atom. The first-order chi connectivity index (χ1) is 7.48. The first-order valence-electron chi connectivity index (χ1n) is 5.32. The van der Waals surface area contributed by atoms with Crippen molar-refractivity contribution >= 4 is 5.97 Å². The molecule has 16 heavy (non-hydrogen) atoms. The Morgan fingerprint density at radius 1 is 1.62 bits per heavy atom. The van der Waals surface area contributed by atoms with Crippen LogP contribution in [0.3, 0.4) is 0 Å². The van der Waals surface area contributed by atoms with E-state index in [4.69, 9.17) is 14.2 Å². The maximum absolute atomic E-state index is 11.7. The maximum Gasteiger partial charge on any atom is 0.314 e. The highest BCUT2D eigenvalue weighted by Crippen LogP contribution is 2.39. The molecule has 2 rings (SSSR count). The number of hydrogen-bond acceptors (Lipinski definition) is 6. The molecule has 2 N–H and O–H groups in total. The van der Waals surface area contributed by atoms with E-state index in [1.54, 1.807) is 6.92 Å². The van der Waals surface area contributed by atoms with Crippen LogP contribution in [0.15, 0.2) is 0 Å². The minimum Gasteiger partial charge on any atom is -0.466 e. The Morgan fingerprint density at radius 2 is 2.31 bits per heavy atom. The molecule has 0 amide bonds. The summed E-state index contributed by atoms with van der Waals surface area (Å²) in [5, 5.41) is 20.0. The molecule has 2 aliphatic heterocycles. The van der Waals surface area contributed by atoms with Gasteiger partial charge in [-0.05, 0) is 13.8 Å². The summed E-state index contributed by atoms with van der Waals surface area (Å²) in [6.07, 6.45) is -2.66. The molecule has 0 unspecified atom stereocenters. The first kappa shape index (κ1) is 11.8. The van der Waals surface area contributed by atoms with Crippen LogP contribution < -0.4 is 0 Å². The third-order valence-corrected chi connectivity index (χ3v) is 3.09. The lowest BCUT2D eigenvalue weighted by Gasteiger charge is -2.41. The maximum atomic E-state index is 11.7. The molecule has 0 aromatic heterocycles. The number of aliphatic hydroxyl groups is 2. The Kier molecular flexibility index (Phi) is 2.91. The predicted octanol–water partition coefficient (Wildman–Crippen LogP) is -0.967. The molecule has 0 aromatic carbocycles. The van der Waals surface area contributed by atoms with Crippen molar-refractivity contribution in [3.05, 3.63) is 0 Å². The molecule has 6 heteroatoms. The van der Waals surface area contributed by atoms with Crippen molar-refractivity contribution in [3.63, 3.8) is 0 Å². The number of hydrogen-bond donors (Lipinski definition) is 2. The number of rotatable bonds is 2. The van der Waals surface area contributed by atoms with Gasteiger partial charge in [0.15, 0.2) is 6.29 Å². The largest absolute Gasteiger partial charge is 0.466 e. The van der Waals surface area contributed by atoms with Crippen molar-refractivity contribution in [2.24, 2.45) is 5.92 Å². The van der Waals surface area contributed by atoms with Crippen molar-refractivity contribution in [2.45, 2.75) is 37.9 Å². The number of aliphatic hydroxyl groups excluding tert-OH is 1. The quantitative estimate of drug-likeness (QED) is 0.596. The van der Waals surface area contributed by atoms with Gasteiger partial charge in [0.05, 0.1) is 13.2 Å². The first-order valence-corrected chi connectivity index (χ1v) is 5.32. The van der Waals surface area contributed by atoms with Gasteiger partial charge in [0, 0.05) is 0 Å². The van der Waals surface area contributed by atoms with Crippen LogP contribution in [0.25, 0.3) is 0 Å². The molecular weight excluding hydrogens is 216 g/mol. The third-order valence-electron chi connectivity index (χ3n) is 3.09. The molecule has 2 bridgehead atoms. The summed E-state index contributed by atoms with van der Waals surface area (Å²) in [4.78, 5) is 11.7. The number of carbonyl (C=O) groups is 1. The molecule has 0 aliphatic carbocycles. The molecular formula is C10H16O6. The molecule has 0 aromatic rings. The fraction of sp³-hybridized carbons (Fsp3) is 0.900. The molecule has 92 valence electrons. The van der Waals surface area contributed by atoms with Crippen molar-refractivity contribution in [2.75, 3.05) is 13.2 Å². The molecule has 2 saturated heterocycles. The Bertz CT molecular complexity index is 289. The highest BCUT2D eigenvalue weighted by atomic mass is 16.7. The second-order valence-corrected chi connectivity index (χ2v) is 4.29. The zero-order chi connectivity index (χ0) is 11.9. The third kappa shape index (κ3) is 1.62. The van der Waals surface area contributed by atoms with E-state index in [2.05, 4.69) is 0 Å². The van der Waals surface area contributed by atoms with E-state index in [1.165, 1.54) is 6.92 Å². The van der Waals surface area contributed by atoms with Gasteiger partial charge in [-0.1, -0.05) is 0 Å². The second kappa shape index (κ2) is 3.96. The van der Waals surface area contributed by atoms with Gasteiger partial charge in [-0.3, -0.25) is 4.79 Å². The SMILES string of the molecule is CCOC(=O)[C@H]1[C@@H](O)[C@@](C)(O)[C@@H]2OC[C@H]1O2. The summed E-state index contributed by atoms with van der Waals surface area (Å²) in [6.45, 7) is 3.47. The van der Waals surface area contributed by atoms with E-state index >= 15 is 0 Å². The van der Waals surface area contributed by atoms with Crippen molar-refractivity contribution in [1.82, 2.24) is 0 Å². The van der Waals surface area contributed by atoms with Gasteiger partial charge in [-0.15, -0.1) is 0 Å². The summed E-state index contributed by atoms with van der Waals surface area (Å²) in [5.41, 5.74) is -1.59. The van der Waals surface area contributed by atoms with Crippen LogP contribution in [-0.2, 0) is 19.0 Å². The molecule has 2 heterocycles. The average Bonchev–Trinajstić information content (AvgIpc) is 2.64. The smallest absolute Gasteiger partial charge is 0.314 e. The molecule has 0 radical (unpaired) electrons. The van der Waals surface area contributed by atoms with E-state index in [0.29, 0.717) is 0 Å². The highest BCUT2D eigenvalue weighted by molar-refractivity contribution is 5.74. The van der Waals surface area contributed by atoms with Crippen LogP contribution in [0.1, 0.15) is 13.8 Å². The van der Waals surface area contributed by atoms with E-state index in [1.807, 2.05) is 0 Å². The van der Waals surface area contributed by atoms with E-state index in [9.17, 15) is 15.0 Å². The van der Waals surface area contributed by atoms with Crippen LogP contribution in [0, 0.1) is 5.92 Å². The van der Waals surface area contributed by atoms with Gasteiger partial charge < -0.3 is 24.4 Å². The minimum atomic E-state index is -1.59.